The average Bonchev–Trinajstić information content (AvgIpc) is 2.84. The molecule has 1 aliphatic heterocycles. The summed E-state index contributed by atoms with van der Waals surface area (Å²) >= 11 is 0. The predicted molar refractivity (Wildman–Crippen MR) is 90.7 cm³/mol. The number of rotatable bonds is 4. The molecule has 1 heterocycles. The van der Waals surface area contributed by atoms with Gasteiger partial charge < -0.3 is 15.7 Å². The summed E-state index contributed by atoms with van der Waals surface area (Å²) in [4.78, 5) is 37.7. The van der Waals surface area contributed by atoms with Gasteiger partial charge in [-0.2, -0.15) is 0 Å². The summed E-state index contributed by atoms with van der Waals surface area (Å²) < 4.78 is 26.7. The molecule has 4 amide bonds. The monoisotopic (exact) mass is 375 g/mol. The second-order valence-corrected chi connectivity index (χ2v) is 6.14. The summed E-state index contributed by atoms with van der Waals surface area (Å²) in [7, 11) is 0. The molecule has 0 bridgehead atoms. The van der Waals surface area contributed by atoms with E-state index in [0.717, 1.165) is 0 Å². The van der Waals surface area contributed by atoms with Crippen molar-refractivity contribution in [2.75, 3.05) is 11.9 Å². The molecular weight excluding hydrogens is 360 g/mol. The van der Waals surface area contributed by atoms with E-state index in [-0.39, 0.29) is 0 Å². The number of carbonyl (C=O) groups is 3. The van der Waals surface area contributed by atoms with E-state index in [2.05, 4.69) is 10.6 Å². The largest absolute Gasteiger partial charge is 0.505 e. The van der Waals surface area contributed by atoms with Crippen LogP contribution in [0, 0.1) is 11.6 Å². The lowest BCUT2D eigenvalue weighted by atomic mass is 9.92. The van der Waals surface area contributed by atoms with E-state index in [1.54, 1.807) is 30.3 Å². The first-order valence-electron chi connectivity index (χ1n) is 7.90. The van der Waals surface area contributed by atoms with E-state index in [4.69, 9.17) is 0 Å². The zero-order chi connectivity index (χ0) is 19.8. The fourth-order valence-corrected chi connectivity index (χ4v) is 2.77. The summed E-state index contributed by atoms with van der Waals surface area (Å²) in [5.74, 6) is -4.67. The average molecular weight is 375 g/mol. The summed E-state index contributed by atoms with van der Waals surface area (Å²) in [5.41, 5.74) is -1.27. The number of benzene rings is 2. The number of nitrogens with one attached hydrogen (secondary N) is 2. The highest BCUT2D eigenvalue weighted by Gasteiger charge is 2.49. The number of phenols is 1. The maximum atomic E-state index is 13.7. The van der Waals surface area contributed by atoms with Gasteiger partial charge in [0, 0.05) is 12.1 Å². The fraction of sp³-hybridized carbons (Fsp3) is 0.167. The number of hydrogen-bond acceptors (Lipinski definition) is 4. The molecule has 9 heteroatoms. The van der Waals surface area contributed by atoms with Crippen molar-refractivity contribution in [2.45, 2.75) is 12.5 Å². The highest BCUT2D eigenvalue weighted by atomic mass is 19.1. The zero-order valence-corrected chi connectivity index (χ0v) is 14.1. The van der Waals surface area contributed by atoms with Crippen LogP contribution in [-0.2, 0) is 15.1 Å². The number of nitrogens with zero attached hydrogens (tertiary/aromatic N) is 1. The molecule has 0 aromatic heterocycles. The van der Waals surface area contributed by atoms with E-state index in [9.17, 15) is 28.3 Å². The lowest BCUT2D eigenvalue weighted by Crippen LogP contribution is -2.42. The van der Waals surface area contributed by atoms with Crippen molar-refractivity contribution in [2.24, 2.45) is 0 Å². The van der Waals surface area contributed by atoms with Crippen molar-refractivity contribution in [3.05, 3.63) is 59.7 Å². The maximum Gasteiger partial charge on any atom is 0.325 e. The minimum absolute atomic E-state index is 0.408. The second-order valence-electron chi connectivity index (χ2n) is 6.14. The number of urea groups is 1. The molecule has 3 rings (SSSR count). The Morgan fingerprint density at radius 3 is 2.52 bits per heavy atom. The van der Waals surface area contributed by atoms with Gasteiger partial charge in [-0.25, -0.2) is 13.6 Å². The molecular formula is C18H15F2N3O4. The predicted octanol–water partition coefficient (Wildman–Crippen LogP) is 2.08. The van der Waals surface area contributed by atoms with Gasteiger partial charge in [0.05, 0.1) is 5.69 Å². The standard InChI is InChI=1S/C18H15F2N3O4/c1-18(10-5-3-2-4-6-10)16(26)23(17(27)22-18)9-15(25)21-13-8-14(24)12(20)7-11(13)19/h2-8,24H,9H2,1H3,(H,21,25)(H,22,27). The van der Waals surface area contributed by atoms with E-state index < -0.39 is 53.0 Å². The Labute approximate surface area is 152 Å². The quantitative estimate of drug-likeness (QED) is 0.713. The van der Waals surface area contributed by atoms with Crippen molar-refractivity contribution in [3.63, 3.8) is 0 Å². The Morgan fingerprint density at radius 2 is 1.85 bits per heavy atom. The third kappa shape index (κ3) is 3.31. The van der Waals surface area contributed by atoms with Crippen LogP contribution in [0.25, 0.3) is 0 Å². The van der Waals surface area contributed by atoms with Crippen molar-refractivity contribution in [1.82, 2.24) is 10.2 Å². The number of phenolic OH excluding ortho intramolecular Hbond substituents is 1. The summed E-state index contributed by atoms with van der Waals surface area (Å²) in [6, 6.07) is 8.83. The van der Waals surface area contributed by atoms with Gasteiger partial charge in [0.15, 0.2) is 11.6 Å². The molecule has 1 atom stereocenters. The number of amides is 4. The van der Waals surface area contributed by atoms with Crippen LogP contribution in [0.5, 0.6) is 5.75 Å². The fourth-order valence-electron chi connectivity index (χ4n) is 2.77. The lowest BCUT2D eigenvalue weighted by Gasteiger charge is -2.22. The summed E-state index contributed by atoms with van der Waals surface area (Å²) in [6.07, 6.45) is 0. The highest BCUT2D eigenvalue weighted by molar-refractivity contribution is 6.10. The third-order valence-electron chi connectivity index (χ3n) is 4.24. The molecule has 2 aromatic rings. The van der Waals surface area contributed by atoms with E-state index in [1.165, 1.54) is 6.92 Å². The second kappa shape index (κ2) is 6.67. The Bertz CT molecular complexity index is 936. The van der Waals surface area contributed by atoms with Gasteiger partial charge >= 0.3 is 6.03 Å². The molecule has 7 nitrogen and oxygen atoms in total. The van der Waals surface area contributed by atoms with E-state index >= 15 is 0 Å². The minimum atomic E-state index is -1.34. The molecule has 1 fully saturated rings. The van der Waals surface area contributed by atoms with Crippen molar-refractivity contribution < 1.29 is 28.3 Å². The smallest absolute Gasteiger partial charge is 0.325 e. The number of hydrogen-bond donors (Lipinski definition) is 3. The zero-order valence-electron chi connectivity index (χ0n) is 14.1. The van der Waals surface area contributed by atoms with Gasteiger partial charge in [-0.1, -0.05) is 30.3 Å². The molecule has 0 saturated carbocycles. The molecule has 2 aromatic carbocycles. The number of anilines is 1. The molecule has 0 radical (unpaired) electrons. The van der Waals surface area contributed by atoms with Crippen LogP contribution in [0.15, 0.2) is 42.5 Å². The van der Waals surface area contributed by atoms with Crippen LogP contribution < -0.4 is 10.6 Å². The minimum Gasteiger partial charge on any atom is -0.505 e. The third-order valence-corrected chi connectivity index (χ3v) is 4.24. The molecule has 0 aliphatic carbocycles. The van der Waals surface area contributed by atoms with Crippen molar-refractivity contribution >= 4 is 23.5 Å². The molecule has 3 N–H and O–H groups in total. The van der Waals surface area contributed by atoms with Crippen molar-refractivity contribution in [3.8, 4) is 5.75 Å². The van der Waals surface area contributed by atoms with Gasteiger partial charge in [-0.3, -0.25) is 14.5 Å². The van der Waals surface area contributed by atoms with Crippen LogP contribution in [0.2, 0.25) is 0 Å². The van der Waals surface area contributed by atoms with Crippen LogP contribution >= 0.6 is 0 Å². The molecule has 1 saturated heterocycles. The Hall–Kier alpha value is -3.49. The molecule has 1 aliphatic rings. The first kappa shape index (κ1) is 18.3. The van der Waals surface area contributed by atoms with Gasteiger partial charge in [-0.05, 0) is 12.5 Å². The molecule has 140 valence electrons. The molecule has 0 spiro atoms. The van der Waals surface area contributed by atoms with Gasteiger partial charge in [0.25, 0.3) is 5.91 Å². The topological polar surface area (TPSA) is 98.7 Å². The Kier molecular flexibility index (Phi) is 4.52. The van der Waals surface area contributed by atoms with Gasteiger partial charge in [-0.15, -0.1) is 0 Å². The van der Waals surface area contributed by atoms with Crippen LogP contribution in [0.4, 0.5) is 19.3 Å². The Balaban J connectivity index is 1.76. The summed E-state index contributed by atoms with van der Waals surface area (Å²) in [5, 5.41) is 13.9. The van der Waals surface area contributed by atoms with E-state index in [0.29, 0.717) is 22.6 Å². The van der Waals surface area contributed by atoms with Gasteiger partial charge in [0.1, 0.15) is 17.9 Å². The van der Waals surface area contributed by atoms with Crippen LogP contribution in [-0.4, -0.2) is 34.4 Å². The Morgan fingerprint density at radius 1 is 1.19 bits per heavy atom. The van der Waals surface area contributed by atoms with Crippen LogP contribution in [0.1, 0.15) is 12.5 Å². The van der Waals surface area contributed by atoms with Crippen molar-refractivity contribution in [1.29, 1.82) is 0 Å². The first-order valence-corrected chi connectivity index (χ1v) is 7.90. The maximum absolute atomic E-state index is 13.7. The van der Waals surface area contributed by atoms with Crippen LogP contribution in [0.3, 0.4) is 0 Å². The molecule has 27 heavy (non-hydrogen) atoms. The first-order chi connectivity index (χ1) is 12.7. The number of imide groups is 1. The van der Waals surface area contributed by atoms with Gasteiger partial charge in [0.2, 0.25) is 5.91 Å². The molecule has 1 unspecified atom stereocenters. The highest BCUT2D eigenvalue weighted by Crippen LogP contribution is 2.29. The number of aromatic hydroxyl groups is 1. The SMILES string of the molecule is CC1(c2ccccc2)NC(=O)N(CC(=O)Nc2cc(O)c(F)cc2F)C1=O. The van der Waals surface area contributed by atoms with E-state index in [1.807, 2.05) is 0 Å². The normalized spacial score (nSPS) is 19.1. The lowest BCUT2D eigenvalue weighted by molar-refractivity contribution is -0.133. The number of halogens is 2. The summed E-state index contributed by atoms with van der Waals surface area (Å²) in [6.45, 7) is 0.836. The number of carbonyl (C=O) groups excluding carboxylic acids is 3.